The van der Waals surface area contributed by atoms with Crippen LogP contribution in [0.1, 0.15) is 16.7 Å². The molecule has 0 radical (unpaired) electrons. The van der Waals surface area contributed by atoms with Crippen LogP contribution in [0.2, 0.25) is 5.02 Å². The maximum absolute atomic E-state index is 14.3. The first-order chi connectivity index (χ1) is 19.7. The normalized spacial score (nSPS) is 11.9. The van der Waals surface area contributed by atoms with Gasteiger partial charge in [-0.2, -0.15) is 0 Å². The number of benzene rings is 4. The van der Waals surface area contributed by atoms with Gasteiger partial charge in [-0.3, -0.25) is 13.9 Å². The van der Waals surface area contributed by atoms with Gasteiger partial charge in [-0.05, 0) is 60.0 Å². The number of hydrogen-bond acceptors (Lipinski definition) is 4. The second-order valence-corrected chi connectivity index (χ2v) is 11.9. The van der Waals surface area contributed by atoms with E-state index in [0.717, 1.165) is 21.0 Å². The van der Waals surface area contributed by atoms with Crippen molar-refractivity contribution < 1.29 is 18.0 Å². The van der Waals surface area contributed by atoms with E-state index in [1.807, 2.05) is 61.5 Å². The number of halogens is 1. The molecule has 1 N–H and O–H groups in total. The Morgan fingerprint density at radius 2 is 1.41 bits per heavy atom. The summed E-state index contributed by atoms with van der Waals surface area (Å²) < 4.78 is 28.8. The summed E-state index contributed by atoms with van der Waals surface area (Å²) in [5, 5.41) is 3.12. The topological polar surface area (TPSA) is 86.8 Å². The average Bonchev–Trinajstić information content (AvgIpc) is 2.99. The van der Waals surface area contributed by atoms with Crippen molar-refractivity contribution in [2.75, 3.05) is 17.9 Å². The number of hydrogen-bond donors (Lipinski definition) is 1. The monoisotopic (exact) mass is 589 g/mol. The molecule has 0 unspecified atom stereocenters. The van der Waals surface area contributed by atoms with Crippen LogP contribution < -0.4 is 9.62 Å². The van der Waals surface area contributed by atoms with E-state index in [1.165, 1.54) is 24.1 Å². The van der Waals surface area contributed by atoms with Gasteiger partial charge in [0.25, 0.3) is 10.0 Å². The molecule has 0 heterocycles. The maximum atomic E-state index is 14.3. The van der Waals surface area contributed by atoms with Gasteiger partial charge >= 0.3 is 0 Å². The summed E-state index contributed by atoms with van der Waals surface area (Å²) in [5.41, 5.74) is 2.95. The summed E-state index contributed by atoms with van der Waals surface area (Å²) in [7, 11) is -2.62. The average molecular weight is 590 g/mol. The Morgan fingerprint density at radius 1 is 0.829 bits per heavy atom. The largest absolute Gasteiger partial charge is 0.357 e. The molecule has 1 atom stereocenters. The van der Waals surface area contributed by atoms with Crippen LogP contribution in [0, 0.1) is 6.92 Å². The molecule has 0 aliphatic heterocycles. The van der Waals surface area contributed by atoms with Gasteiger partial charge in [0.05, 0.1) is 10.6 Å². The lowest BCUT2D eigenvalue weighted by atomic mass is 10.0. The van der Waals surface area contributed by atoms with Crippen LogP contribution in [0.4, 0.5) is 5.69 Å². The van der Waals surface area contributed by atoms with Crippen molar-refractivity contribution in [2.24, 2.45) is 0 Å². The third-order valence-electron chi connectivity index (χ3n) is 6.84. The van der Waals surface area contributed by atoms with E-state index >= 15 is 0 Å². The summed E-state index contributed by atoms with van der Waals surface area (Å²) in [6.45, 7) is 1.53. The number of aryl methyl sites for hydroxylation is 1. The van der Waals surface area contributed by atoms with Crippen molar-refractivity contribution in [3.8, 4) is 0 Å². The third-order valence-corrected chi connectivity index (χ3v) is 8.88. The second kappa shape index (κ2) is 13.5. The molecule has 0 fully saturated rings. The lowest BCUT2D eigenvalue weighted by molar-refractivity contribution is -0.139. The van der Waals surface area contributed by atoms with Crippen molar-refractivity contribution in [1.29, 1.82) is 0 Å². The Labute approximate surface area is 246 Å². The van der Waals surface area contributed by atoms with Crippen LogP contribution in [0.25, 0.3) is 0 Å². The summed E-state index contributed by atoms with van der Waals surface area (Å²) in [6, 6.07) is 30.3. The van der Waals surface area contributed by atoms with E-state index in [4.69, 9.17) is 11.6 Å². The maximum Gasteiger partial charge on any atom is 0.264 e. The lowest BCUT2D eigenvalue weighted by Crippen LogP contribution is -2.53. The van der Waals surface area contributed by atoms with Gasteiger partial charge in [-0.15, -0.1) is 0 Å². The molecule has 4 aromatic rings. The van der Waals surface area contributed by atoms with Crippen molar-refractivity contribution in [3.63, 3.8) is 0 Å². The van der Waals surface area contributed by atoms with Gasteiger partial charge in [-0.1, -0.05) is 84.4 Å². The highest BCUT2D eigenvalue weighted by molar-refractivity contribution is 7.92. The molecular weight excluding hydrogens is 558 g/mol. The first kappa shape index (κ1) is 29.8. The highest BCUT2D eigenvalue weighted by Gasteiger charge is 2.34. The second-order valence-electron chi connectivity index (χ2n) is 9.57. The predicted molar refractivity (Wildman–Crippen MR) is 162 cm³/mol. The van der Waals surface area contributed by atoms with E-state index in [1.54, 1.807) is 42.5 Å². The zero-order valence-electron chi connectivity index (χ0n) is 22.9. The molecule has 0 spiro atoms. The van der Waals surface area contributed by atoms with E-state index < -0.39 is 28.5 Å². The molecule has 0 aliphatic carbocycles. The zero-order valence-corrected chi connectivity index (χ0v) is 24.5. The molecule has 41 heavy (non-hydrogen) atoms. The Balaban J connectivity index is 1.78. The molecule has 0 saturated heterocycles. The zero-order chi connectivity index (χ0) is 29.4. The fourth-order valence-corrected chi connectivity index (χ4v) is 6.11. The highest BCUT2D eigenvalue weighted by Crippen LogP contribution is 2.26. The van der Waals surface area contributed by atoms with Crippen molar-refractivity contribution in [2.45, 2.75) is 30.8 Å². The number of anilines is 1. The van der Waals surface area contributed by atoms with E-state index in [2.05, 4.69) is 5.32 Å². The van der Waals surface area contributed by atoms with Crippen molar-refractivity contribution >= 4 is 39.1 Å². The van der Waals surface area contributed by atoms with Crippen LogP contribution in [0.15, 0.2) is 114 Å². The molecule has 4 aromatic carbocycles. The molecule has 7 nitrogen and oxygen atoms in total. The molecule has 9 heteroatoms. The molecule has 0 bridgehead atoms. The summed E-state index contributed by atoms with van der Waals surface area (Å²) in [5.74, 6) is -0.869. The van der Waals surface area contributed by atoms with Gasteiger partial charge in [0, 0.05) is 25.0 Å². The molecule has 4 rings (SSSR count). The van der Waals surface area contributed by atoms with Crippen LogP contribution in [-0.4, -0.2) is 44.8 Å². The first-order valence-electron chi connectivity index (χ1n) is 13.1. The number of amides is 2. The number of nitrogens with one attached hydrogen (secondary N) is 1. The molecule has 0 saturated carbocycles. The standard InChI is InChI=1S/C32H32ClN3O4S/c1-24-11-9-10-14-26(24)22-35(30(32(38)34-2)21-25-12-5-3-6-13-25)31(37)23-36(28-19-17-27(33)18-20-28)41(39,40)29-15-7-4-8-16-29/h3-20,30H,21-23H2,1-2H3,(H,34,38)/t30-/m1/s1. The van der Waals surface area contributed by atoms with Crippen LogP contribution >= 0.6 is 11.6 Å². The Hall–Kier alpha value is -4.14. The lowest BCUT2D eigenvalue weighted by Gasteiger charge is -2.34. The van der Waals surface area contributed by atoms with Crippen LogP contribution in [-0.2, 0) is 32.6 Å². The van der Waals surface area contributed by atoms with Crippen molar-refractivity contribution in [3.05, 3.63) is 131 Å². The Morgan fingerprint density at radius 3 is 2.02 bits per heavy atom. The first-order valence-corrected chi connectivity index (χ1v) is 15.0. The minimum Gasteiger partial charge on any atom is -0.357 e. The van der Waals surface area contributed by atoms with Gasteiger partial charge in [0.2, 0.25) is 11.8 Å². The van der Waals surface area contributed by atoms with Crippen molar-refractivity contribution in [1.82, 2.24) is 10.2 Å². The Kier molecular flexibility index (Phi) is 9.81. The van der Waals surface area contributed by atoms with E-state index in [9.17, 15) is 18.0 Å². The highest BCUT2D eigenvalue weighted by atomic mass is 35.5. The third kappa shape index (κ3) is 7.34. The number of rotatable bonds is 11. The SMILES string of the molecule is CNC(=O)[C@@H](Cc1ccccc1)N(Cc1ccccc1C)C(=O)CN(c1ccc(Cl)cc1)S(=O)(=O)c1ccccc1. The summed E-state index contributed by atoms with van der Waals surface area (Å²) >= 11 is 6.09. The van der Waals surface area contributed by atoms with Gasteiger partial charge in [0.1, 0.15) is 12.6 Å². The van der Waals surface area contributed by atoms with E-state index in [0.29, 0.717) is 5.02 Å². The summed E-state index contributed by atoms with van der Waals surface area (Å²) in [4.78, 5) is 29.1. The quantitative estimate of drug-likeness (QED) is 0.260. The fraction of sp³-hybridized carbons (Fsp3) is 0.188. The number of carbonyl (C=O) groups excluding carboxylic acids is 2. The number of carbonyl (C=O) groups is 2. The van der Waals surface area contributed by atoms with Crippen LogP contribution in [0.3, 0.4) is 0 Å². The number of nitrogens with zero attached hydrogens (tertiary/aromatic N) is 2. The molecule has 212 valence electrons. The minimum absolute atomic E-state index is 0.0420. The van der Waals surface area contributed by atoms with Gasteiger partial charge in [0.15, 0.2) is 0 Å². The predicted octanol–water partition coefficient (Wildman–Crippen LogP) is 5.23. The van der Waals surface area contributed by atoms with Crippen LogP contribution in [0.5, 0.6) is 0 Å². The summed E-state index contributed by atoms with van der Waals surface area (Å²) in [6.07, 6.45) is 0.254. The molecular formula is C32H32ClN3O4S. The minimum atomic E-state index is -4.14. The molecule has 0 aromatic heterocycles. The smallest absolute Gasteiger partial charge is 0.264 e. The van der Waals surface area contributed by atoms with Gasteiger partial charge < -0.3 is 10.2 Å². The molecule has 2 amide bonds. The molecule has 0 aliphatic rings. The Bertz CT molecular complexity index is 1580. The van der Waals surface area contributed by atoms with E-state index in [-0.39, 0.29) is 29.5 Å². The number of likely N-dealkylation sites (N-methyl/N-ethyl adjacent to an activating group) is 1. The van der Waals surface area contributed by atoms with Gasteiger partial charge in [-0.25, -0.2) is 8.42 Å². The fourth-order valence-electron chi connectivity index (χ4n) is 4.55. The number of sulfonamides is 1.